The molecule has 1 aliphatic heterocycles. The molecule has 31 heavy (non-hydrogen) atoms. The number of nitrogens with zero attached hydrogens (tertiary/aromatic N) is 1. The standard InChI is InChI=1S/C23H29N3O4S/c1-3-4-14-24-23(28)16-22-21-8-6-5-7-18(21)13-15-26(22)31(29,30)20-11-9-19(10-12-20)25-17(2)27/h5-12,22H,3-4,13-16H2,1-2H3,(H,24,28)(H,25,27)/t22-/m0/s1. The van der Waals surface area contributed by atoms with Gasteiger partial charge in [-0.25, -0.2) is 8.42 Å². The molecule has 0 radical (unpaired) electrons. The van der Waals surface area contributed by atoms with Gasteiger partial charge in [0.15, 0.2) is 0 Å². The fraction of sp³-hybridized carbons (Fsp3) is 0.391. The Morgan fingerprint density at radius 1 is 1.10 bits per heavy atom. The first-order valence-corrected chi connectivity index (χ1v) is 12.0. The first-order chi connectivity index (χ1) is 14.8. The minimum absolute atomic E-state index is 0.0733. The Labute approximate surface area is 183 Å². The zero-order valence-corrected chi connectivity index (χ0v) is 18.7. The van der Waals surface area contributed by atoms with Crippen molar-refractivity contribution in [1.29, 1.82) is 0 Å². The molecule has 7 nitrogen and oxygen atoms in total. The molecule has 2 amide bonds. The number of nitrogens with one attached hydrogen (secondary N) is 2. The van der Waals surface area contributed by atoms with Crippen molar-refractivity contribution < 1.29 is 18.0 Å². The van der Waals surface area contributed by atoms with E-state index < -0.39 is 16.1 Å². The van der Waals surface area contributed by atoms with E-state index in [0.717, 1.165) is 24.0 Å². The Kier molecular flexibility index (Phi) is 7.46. The van der Waals surface area contributed by atoms with Crippen molar-refractivity contribution in [2.45, 2.75) is 50.5 Å². The van der Waals surface area contributed by atoms with Crippen LogP contribution in [0.5, 0.6) is 0 Å². The van der Waals surface area contributed by atoms with E-state index in [0.29, 0.717) is 25.2 Å². The van der Waals surface area contributed by atoms with E-state index in [-0.39, 0.29) is 23.1 Å². The molecule has 0 spiro atoms. The largest absolute Gasteiger partial charge is 0.356 e. The van der Waals surface area contributed by atoms with Crippen LogP contribution < -0.4 is 10.6 Å². The third kappa shape index (κ3) is 5.51. The molecule has 2 N–H and O–H groups in total. The van der Waals surface area contributed by atoms with Crippen LogP contribution in [-0.2, 0) is 26.0 Å². The molecule has 166 valence electrons. The summed E-state index contributed by atoms with van der Waals surface area (Å²) < 4.78 is 28.4. The molecule has 2 aromatic carbocycles. The van der Waals surface area contributed by atoms with Gasteiger partial charge in [0.2, 0.25) is 21.8 Å². The first kappa shape index (κ1) is 23.0. The molecule has 0 saturated heterocycles. The highest BCUT2D eigenvalue weighted by atomic mass is 32.2. The van der Waals surface area contributed by atoms with Gasteiger partial charge in [-0.3, -0.25) is 9.59 Å². The lowest BCUT2D eigenvalue weighted by atomic mass is 9.92. The third-order valence-corrected chi connectivity index (χ3v) is 7.30. The van der Waals surface area contributed by atoms with Gasteiger partial charge in [0.25, 0.3) is 0 Å². The van der Waals surface area contributed by atoms with E-state index >= 15 is 0 Å². The van der Waals surface area contributed by atoms with Crippen LogP contribution >= 0.6 is 0 Å². The number of rotatable bonds is 8. The first-order valence-electron chi connectivity index (χ1n) is 10.6. The van der Waals surface area contributed by atoms with E-state index in [2.05, 4.69) is 17.6 Å². The molecule has 2 aromatic rings. The highest BCUT2D eigenvalue weighted by Crippen LogP contribution is 2.36. The summed E-state index contributed by atoms with van der Waals surface area (Å²) in [6, 6.07) is 13.2. The van der Waals surface area contributed by atoms with Crippen molar-refractivity contribution in [2.75, 3.05) is 18.4 Å². The lowest BCUT2D eigenvalue weighted by Gasteiger charge is -2.36. The van der Waals surface area contributed by atoms with Gasteiger partial charge in [0.1, 0.15) is 0 Å². The number of hydrogen-bond donors (Lipinski definition) is 2. The number of anilines is 1. The predicted octanol–water partition coefficient (Wildman–Crippen LogP) is 3.24. The molecule has 3 rings (SSSR count). The smallest absolute Gasteiger partial charge is 0.243 e. The normalized spacial score (nSPS) is 16.4. The third-order valence-electron chi connectivity index (χ3n) is 5.38. The van der Waals surface area contributed by atoms with Gasteiger partial charge in [-0.05, 0) is 48.2 Å². The number of sulfonamides is 1. The summed E-state index contributed by atoms with van der Waals surface area (Å²) in [6.45, 7) is 4.34. The van der Waals surface area contributed by atoms with Crippen molar-refractivity contribution in [3.05, 3.63) is 59.7 Å². The Morgan fingerprint density at radius 2 is 1.81 bits per heavy atom. The summed E-state index contributed by atoms with van der Waals surface area (Å²) in [7, 11) is -3.83. The number of carbonyl (C=O) groups excluding carboxylic acids is 2. The lowest BCUT2D eigenvalue weighted by Crippen LogP contribution is -2.42. The molecule has 0 saturated carbocycles. The number of carbonyl (C=O) groups is 2. The molecule has 0 unspecified atom stereocenters. The summed E-state index contributed by atoms with van der Waals surface area (Å²) in [5.41, 5.74) is 2.47. The lowest BCUT2D eigenvalue weighted by molar-refractivity contribution is -0.122. The summed E-state index contributed by atoms with van der Waals surface area (Å²) in [5.74, 6) is -0.381. The topological polar surface area (TPSA) is 95.6 Å². The zero-order chi connectivity index (χ0) is 22.4. The number of benzene rings is 2. The van der Waals surface area contributed by atoms with Gasteiger partial charge < -0.3 is 10.6 Å². The monoisotopic (exact) mass is 443 g/mol. The highest BCUT2D eigenvalue weighted by molar-refractivity contribution is 7.89. The van der Waals surface area contributed by atoms with Crippen LogP contribution in [0.15, 0.2) is 53.4 Å². The minimum Gasteiger partial charge on any atom is -0.356 e. The maximum absolute atomic E-state index is 13.5. The van der Waals surface area contributed by atoms with Crippen LogP contribution in [0.4, 0.5) is 5.69 Å². The SMILES string of the molecule is CCCCNC(=O)C[C@H]1c2ccccc2CCN1S(=O)(=O)c1ccc(NC(C)=O)cc1. The number of amides is 2. The molecule has 1 aliphatic rings. The summed E-state index contributed by atoms with van der Waals surface area (Å²) in [5, 5.41) is 5.53. The van der Waals surface area contributed by atoms with E-state index in [1.54, 1.807) is 12.1 Å². The Balaban J connectivity index is 1.89. The van der Waals surface area contributed by atoms with Gasteiger partial charge >= 0.3 is 0 Å². The van der Waals surface area contributed by atoms with E-state index in [1.165, 1.54) is 23.4 Å². The molecular formula is C23H29N3O4S. The minimum atomic E-state index is -3.83. The number of hydrogen-bond acceptors (Lipinski definition) is 4. The predicted molar refractivity (Wildman–Crippen MR) is 120 cm³/mol. The van der Waals surface area contributed by atoms with Crippen LogP contribution in [0.25, 0.3) is 0 Å². The van der Waals surface area contributed by atoms with Crippen LogP contribution in [0.1, 0.15) is 50.3 Å². The maximum atomic E-state index is 13.5. The van der Waals surface area contributed by atoms with Crippen molar-refractivity contribution in [3.63, 3.8) is 0 Å². The second kappa shape index (κ2) is 10.1. The molecule has 0 bridgehead atoms. The number of unbranched alkanes of at least 4 members (excludes halogenated alkanes) is 1. The molecule has 0 aromatic heterocycles. The van der Waals surface area contributed by atoms with Crippen LogP contribution in [-0.4, -0.2) is 37.6 Å². The average molecular weight is 444 g/mol. The van der Waals surface area contributed by atoms with E-state index in [9.17, 15) is 18.0 Å². The van der Waals surface area contributed by atoms with Gasteiger partial charge in [-0.1, -0.05) is 37.6 Å². The van der Waals surface area contributed by atoms with Crippen LogP contribution in [0.2, 0.25) is 0 Å². The molecule has 1 atom stereocenters. The molecule has 0 fully saturated rings. The van der Waals surface area contributed by atoms with Gasteiger partial charge in [0.05, 0.1) is 10.9 Å². The highest BCUT2D eigenvalue weighted by Gasteiger charge is 2.37. The number of fused-ring (bicyclic) bond motifs is 1. The Hall–Kier alpha value is -2.71. The van der Waals surface area contributed by atoms with Crippen molar-refractivity contribution in [2.24, 2.45) is 0 Å². The van der Waals surface area contributed by atoms with Crippen LogP contribution in [0, 0.1) is 0 Å². The quantitative estimate of drug-likeness (QED) is 0.612. The van der Waals surface area contributed by atoms with E-state index in [1.807, 2.05) is 24.3 Å². The Morgan fingerprint density at radius 3 is 2.48 bits per heavy atom. The second-order valence-corrected chi connectivity index (χ2v) is 9.58. The van der Waals surface area contributed by atoms with Gasteiger partial charge in [-0.15, -0.1) is 0 Å². The van der Waals surface area contributed by atoms with Gasteiger partial charge in [-0.2, -0.15) is 4.31 Å². The van der Waals surface area contributed by atoms with E-state index in [4.69, 9.17) is 0 Å². The summed E-state index contributed by atoms with van der Waals surface area (Å²) >= 11 is 0. The molecule has 8 heteroatoms. The molecule has 1 heterocycles. The average Bonchev–Trinajstić information content (AvgIpc) is 2.74. The van der Waals surface area contributed by atoms with Crippen molar-refractivity contribution >= 4 is 27.5 Å². The van der Waals surface area contributed by atoms with Gasteiger partial charge in [0, 0.05) is 32.1 Å². The zero-order valence-electron chi connectivity index (χ0n) is 17.9. The fourth-order valence-corrected chi connectivity index (χ4v) is 5.43. The van der Waals surface area contributed by atoms with Crippen molar-refractivity contribution in [1.82, 2.24) is 9.62 Å². The fourth-order valence-electron chi connectivity index (χ4n) is 3.83. The second-order valence-electron chi connectivity index (χ2n) is 7.69. The van der Waals surface area contributed by atoms with Crippen molar-refractivity contribution in [3.8, 4) is 0 Å². The molecule has 0 aliphatic carbocycles. The van der Waals surface area contributed by atoms with Crippen LogP contribution in [0.3, 0.4) is 0 Å². The molecular weight excluding hydrogens is 414 g/mol. The summed E-state index contributed by atoms with van der Waals surface area (Å²) in [6.07, 6.45) is 2.52. The maximum Gasteiger partial charge on any atom is 0.243 e. The summed E-state index contributed by atoms with van der Waals surface area (Å²) in [4.78, 5) is 23.9. The Bertz CT molecular complexity index is 1040.